The molecule has 11 nitrogen and oxygen atoms in total. The van der Waals surface area contributed by atoms with Crippen molar-refractivity contribution in [1.82, 2.24) is 19.5 Å². The first kappa shape index (κ1) is 16.8. The Morgan fingerprint density at radius 1 is 1.38 bits per heavy atom. The Labute approximate surface area is 134 Å². The Kier molecular flexibility index (Phi) is 4.78. The SMILES string of the molecule is COCCO[C@@H]1[C@H](O)[C@@H](CO)O[C@H]1n1cnc2c(=O)[nH]c(=O)[nH]c21. The molecule has 2 aromatic heterocycles. The van der Waals surface area contributed by atoms with Crippen LogP contribution in [-0.4, -0.2) is 75.0 Å². The molecule has 0 bridgehead atoms. The van der Waals surface area contributed by atoms with E-state index in [1.807, 2.05) is 0 Å². The summed E-state index contributed by atoms with van der Waals surface area (Å²) < 4.78 is 17.5. The molecule has 1 aliphatic rings. The highest BCUT2D eigenvalue weighted by Gasteiger charge is 2.45. The van der Waals surface area contributed by atoms with Crippen molar-refractivity contribution in [1.29, 1.82) is 0 Å². The lowest BCUT2D eigenvalue weighted by Gasteiger charge is -2.22. The number of H-pyrrole nitrogens is 2. The number of methoxy groups -OCH3 is 1. The second kappa shape index (κ2) is 6.83. The van der Waals surface area contributed by atoms with Gasteiger partial charge in [0.1, 0.15) is 24.0 Å². The van der Waals surface area contributed by atoms with Gasteiger partial charge in [0.2, 0.25) is 0 Å². The van der Waals surface area contributed by atoms with E-state index in [0.717, 1.165) is 0 Å². The Morgan fingerprint density at radius 2 is 2.17 bits per heavy atom. The molecule has 1 saturated heterocycles. The fraction of sp³-hybridized carbons (Fsp3) is 0.615. The lowest BCUT2D eigenvalue weighted by Crippen LogP contribution is -2.36. The summed E-state index contributed by atoms with van der Waals surface area (Å²) in [6.07, 6.45) is -2.37. The molecule has 11 heteroatoms. The first-order valence-corrected chi connectivity index (χ1v) is 7.31. The highest BCUT2D eigenvalue weighted by molar-refractivity contribution is 5.68. The second-order valence-corrected chi connectivity index (χ2v) is 5.32. The maximum atomic E-state index is 11.8. The van der Waals surface area contributed by atoms with Crippen molar-refractivity contribution in [3.05, 3.63) is 27.2 Å². The van der Waals surface area contributed by atoms with Gasteiger partial charge in [-0.05, 0) is 0 Å². The van der Waals surface area contributed by atoms with E-state index in [2.05, 4.69) is 15.0 Å². The summed E-state index contributed by atoms with van der Waals surface area (Å²) in [6.45, 7) is 0.0897. The van der Waals surface area contributed by atoms with E-state index in [1.165, 1.54) is 18.0 Å². The molecule has 0 saturated carbocycles. The molecular weight excluding hydrogens is 324 g/mol. The van der Waals surface area contributed by atoms with Crippen LogP contribution in [0.3, 0.4) is 0 Å². The summed E-state index contributed by atoms with van der Waals surface area (Å²) in [5.74, 6) is 0. The summed E-state index contributed by atoms with van der Waals surface area (Å²) in [5, 5.41) is 19.6. The quantitative estimate of drug-likeness (QED) is 0.428. The maximum absolute atomic E-state index is 11.8. The molecule has 2 aromatic rings. The number of hydrogen-bond donors (Lipinski definition) is 4. The number of nitrogens with zero attached hydrogens (tertiary/aromatic N) is 2. The summed E-state index contributed by atoms with van der Waals surface area (Å²) >= 11 is 0. The number of rotatable bonds is 6. The molecule has 4 atom stereocenters. The summed E-state index contributed by atoms with van der Waals surface area (Å²) in [5.41, 5.74) is -1.17. The molecule has 0 aromatic carbocycles. The number of aromatic nitrogens is 4. The molecule has 1 aliphatic heterocycles. The molecule has 0 unspecified atom stereocenters. The number of aromatic amines is 2. The third-order valence-electron chi connectivity index (χ3n) is 3.83. The molecule has 4 N–H and O–H groups in total. The fourth-order valence-electron chi connectivity index (χ4n) is 2.69. The van der Waals surface area contributed by atoms with Crippen LogP contribution in [0.25, 0.3) is 11.2 Å². The Bertz CT molecular complexity index is 812. The van der Waals surface area contributed by atoms with Crippen molar-refractivity contribution < 1.29 is 24.4 Å². The third kappa shape index (κ3) is 2.87. The van der Waals surface area contributed by atoms with Gasteiger partial charge in [0.15, 0.2) is 11.7 Å². The monoisotopic (exact) mass is 342 g/mol. The summed E-state index contributed by atoms with van der Waals surface area (Å²) in [6, 6.07) is 0. The first-order valence-electron chi connectivity index (χ1n) is 7.31. The summed E-state index contributed by atoms with van der Waals surface area (Å²) in [4.78, 5) is 31.8. The van der Waals surface area contributed by atoms with Crippen LogP contribution in [0.1, 0.15) is 6.23 Å². The lowest BCUT2D eigenvalue weighted by atomic mass is 10.1. The van der Waals surface area contributed by atoms with Crippen LogP contribution >= 0.6 is 0 Å². The number of nitrogens with one attached hydrogen (secondary N) is 2. The number of hydrogen-bond acceptors (Lipinski definition) is 8. The predicted molar refractivity (Wildman–Crippen MR) is 79.6 cm³/mol. The number of aliphatic hydroxyl groups excluding tert-OH is 2. The van der Waals surface area contributed by atoms with E-state index < -0.39 is 42.4 Å². The molecule has 1 fully saturated rings. The Hall–Kier alpha value is -2.05. The van der Waals surface area contributed by atoms with Crippen LogP contribution in [0.15, 0.2) is 15.9 Å². The lowest BCUT2D eigenvalue weighted by molar-refractivity contribution is -0.0785. The van der Waals surface area contributed by atoms with Crippen molar-refractivity contribution in [2.75, 3.05) is 26.9 Å². The van der Waals surface area contributed by atoms with Crippen molar-refractivity contribution in [2.24, 2.45) is 0 Å². The second-order valence-electron chi connectivity index (χ2n) is 5.32. The minimum Gasteiger partial charge on any atom is -0.394 e. The van der Waals surface area contributed by atoms with E-state index >= 15 is 0 Å². The predicted octanol–water partition coefficient (Wildman–Crippen LogP) is -2.30. The summed E-state index contributed by atoms with van der Waals surface area (Å²) in [7, 11) is 1.51. The van der Waals surface area contributed by atoms with Crippen molar-refractivity contribution in [2.45, 2.75) is 24.5 Å². The van der Waals surface area contributed by atoms with Gasteiger partial charge in [-0.15, -0.1) is 0 Å². The van der Waals surface area contributed by atoms with Gasteiger partial charge in [0.25, 0.3) is 5.56 Å². The van der Waals surface area contributed by atoms with Crippen LogP contribution in [-0.2, 0) is 14.2 Å². The number of fused-ring (bicyclic) bond motifs is 1. The van der Waals surface area contributed by atoms with E-state index in [4.69, 9.17) is 14.2 Å². The topological polar surface area (TPSA) is 152 Å². The first-order chi connectivity index (χ1) is 11.6. The average molecular weight is 342 g/mol. The minimum atomic E-state index is -1.09. The number of aliphatic hydroxyl groups is 2. The largest absolute Gasteiger partial charge is 0.394 e. The standard InChI is InChI=1S/C13H18N4O7/c1-22-2-3-23-9-8(19)6(4-18)24-12(9)17-5-14-7-10(17)15-13(21)16-11(7)20/h5-6,8-9,12,18-19H,2-4H2,1H3,(H2,15,16,20,21)/t6-,8-,9-,12-/m1/s1. The van der Waals surface area contributed by atoms with Crippen molar-refractivity contribution in [3.63, 3.8) is 0 Å². The van der Waals surface area contributed by atoms with E-state index in [0.29, 0.717) is 6.61 Å². The van der Waals surface area contributed by atoms with Gasteiger partial charge in [-0.3, -0.25) is 19.3 Å². The van der Waals surface area contributed by atoms with Crippen molar-refractivity contribution in [3.8, 4) is 0 Å². The van der Waals surface area contributed by atoms with Gasteiger partial charge in [-0.1, -0.05) is 0 Å². The van der Waals surface area contributed by atoms with Gasteiger partial charge in [-0.2, -0.15) is 0 Å². The van der Waals surface area contributed by atoms with Crippen LogP contribution < -0.4 is 11.2 Å². The average Bonchev–Trinajstić information content (AvgIpc) is 3.09. The van der Waals surface area contributed by atoms with Crippen LogP contribution in [0, 0.1) is 0 Å². The van der Waals surface area contributed by atoms with Crippen LogP contribution in [0.4, 0.5) is 0 Å². The zero-order chi connectivity index (χ0) is 17.3. The van der Waals surface area contributed by atoms with Gasteiger partial charge < -0.3 is 24.4 Å². The smallest absolute Gasteiger partial charge is 0.327 e. The Morgan fingerprint density at radius 3 is 2.88 bits per heavy atom. The molecule has 132 valence electrons. The van der Waals surface area contributed by atoms with E-state index in [-0.39, 0.29) is 17.8 Å². The molecule has 3 heterocycles. The van der Waals surface area contributed by atoms with Gasteiger partial charge in [0, 0.05) is 7.11 Å². The molecule has 0 amide bonds. The van der Waals surface area contributed by atoms with E-state index in [9.17, 15) is 19.8 Å². The number of imidazole rings is 1. The highest BCUT2D eigenvalue weighted by Crippen LogP contribution is 2.32. The zero-order valence-corrected chi connectivity index (χ0v) is 12.8. The number of ether oxygens (including phenoxy) is 3. The molecule has 3 rings (SSSR count). The molecule has 24 heavy (non-hydrogen) atoms. The molecular formula is C13H18N4O7. The Balaban J connectivity index is 1.99. The highest BCUT2D eigenvalue weighted by atomic mass is 16.6. The molecule has 0 spiro atoms. The normalized spacial score (nSPS) is 27.1. The molecule has 0 aliphatic carbocycles. The van der Waals surface area contributed by atoms with Crippen LogP contribution in [0.5, 0.6) is 0 Å². The van der Waals surface area contributed by atoms with Crippen molar-refractivity contribution >= 4 is 11.2 Å². The van der Waals surface area contributed by atoms with Gasteiger partial charge in [0.05, 0.1) is 26.1 Å². The van der Waals surface area contributed by atoms with Crippen LogP contribution in [0.2, 0.25) is 0 Å². The minimum absolute atomic E-state index is 0.0239. The fourth-order valence-corrected chi connectivity index (χ4v) is 2.69. The third-order valence-corrected chi connectivity index (χ3v) is 3.83. The van der Waals surface area contributed by atoms with Gasteiger partial charge in [-0.25, -0.2) is 9.78 Å². The van der Waals surface area contributed by atoms with E-state index in [1.54, 1.807) is 0 Å². The zero-order valence-electron chi connectivity index (χ0n) is 12.8. The molecule has 0 radical (unpaired) electrons. The van der Waals surface area contributed by atoms with Gasteiger partial charge >= 0.3 is 5.69 Å². The maximum Gasteiger partial charge on any atom is 0.327 e.